The van der Waals surface area contributed by atoms with Crippen molar-refractivity contribution < 1.29 is 0 Å². The average Bonchev–Trinajstić information content (AvgIpc) is 2.65. The predicted octanol–water partition coefficient (Wildman–Crippen LogP) is 3.36. The normalized spacial score (nSPS) is 27.9. The van der Waals surface area contributed by atoms with Crippen LogP contribution >= 0.6 is 12.2 Å². The molecule has 3 fully saturated rings. The number of fused-ring (bicyclic) bond motifs is 3. The molecule has 2 bridgehead atoms. The first-order valence-corrected chi connectivity index (χ1v) is 9.62. The second kappa shape index (κ2) is 7.22. The Morgan fingerprint density at radius 3 is 2.80 bits per heavy atom. The Morgan fingerprint density at radius 1 is 1.24 bits per heavy atom. The Balaban J connectivity index is 1.54. The van der Waals surface area contributed by atoms with Gasteiger partial charge in [-0.15, -0.1) is 0 Å². The summed E-state index contributed by atoms with van der Waals surface area (Å²) in [6, 6.07) is 13.6. The number of aryl methyl sites for hydroxylation is 1. The van der Waals surface area contributed by atoms with Crippen molar-refractivity contribution in [2.75, 3.05) is 13.1 Å². The smallest absolute Gasteiger partial charge is 0.106 e. The minimum Gasteiger partial charge on any atom is -0.371 e. The van der Waals surface area contributed by atoms with Crippen LogP contribution in [0.25, 0.3) is 0 Å². The molecule has 4 heterocycles. The van der Waals surface area contributed by atoms with Crippen molar-refractivity contribution in [3.63, 3.8) is 0 Å². The number of hydrogen-bond acceptors (Lipinski definition) is 3. The van der Waals surface area contributed by atoms with Crippen molar-refractivity contribution in [2.24, 2.45) is 5.92 Å². The lowest BCUT2D eigenvalue weighted by Gasteiger charge is -2.51. The summed E-state index contributed by atoms with van der Waals surface area (Å²) in [5.41, 5.74) is 3.70. The van der Waals surface area contributed by atoms with Crippen molar-refractivity contribution in [1.82, 2.24) is 15.2 Å². The monoisotopic (exact) mass is 351 g/mol. The van der Waals surface area contributed by atoms with E-state index in [0.717, 1.165) is 22.9 Å². The summed E-state index contributed by atoms with van der Waals surface area (Å²) in [5.74, 6) is 0.717. The van der Waals surface area contributed by atoms with Gasteiger partial charge in [0.15, 0.2) is 0 Å². The van der Waals surface area contributed by atoms with Gasteiger partial charge in [-0.1, -0.05) is 42.0 Å². The van der Waals surface area contributed by atoms with Gasteiger partial charge in [-0.2, -0.15) is 0 Å². The Morgan fingerprint density at radius 2 is 2.08 bits per heavy atom. The summed E-state index contributed by atoms with van der Waals surface area (Å²) in [6.07, 6.45) is 7.44. The zero-order valence-electron chi connectivity index (χ0n) is 14.7. The highest BCUT2D eigenvalue weighted by Gasteiger charge is 2.42. The molecule has 130 valence electrons. The lowest BCUT2D eigenvalue weighted by molar-refractivity contribution is 0.0212. The van der Waals surface area contributed by atoms with Gasteiger partial charge in [0.1, 0.15) is 4.99 Å². The molecule has 1 N–H and O–H groups in total. The number of nitrogens with one attached hydrogen (secondary N) is 1. The second-order valence-electron chi connectivity index (χ2n) is 7.37. The maximum Gasteiger partial charge on any atom is 0.106 e. The van der Waals surface area contributed by atoms with Crippen LogP contribution in [-0.2, 0) is 6.42 Å². The highest BCUT2D eigenvalue weighted by Crippen LogP contribution is 2.34. The third-order valence-electron chi connectivity index (χ3n) is 5.71. The Labute approximate surface area is 155 Å². The van der Waals surface area contributed by atoms with Gasteiger partial charge in [0.05, 0.1) is 0 Å². The summed E-state index contributed by atoms with van der Waals surface area (Å²) in [4.78, 5) is 7.82. The van der Waals surface area contributed by atoms with E-state index < -0.39 is 0 Å². The van der Waals surface area contributed by atoms with E-state index in [1.807, 2.05) is 18.5 Å². The molecule has 0 amide bonds. The summed E-state index contributed by atoms with van der Waals surface area (Å²) < 4.78 is 0. The van der Waals surface area contributed by atoms with E-state index in [9.17, 15) is 0 Å². The molecule has 0 aliphatic carbocycles. The van der Waals surface area contributed by atoms with Gasteiger partial charge in [-0.25, -0.2) is 0 Å². The van der Waals surface area contributed by atoms with Crippen LogP contribution in [0.3, 0.4) is 0 Å². The maximum absolute atomic E-state index is 5.75. The number of thiocarbonyl (C=S) groups is 1. The van der Waals surface area contributed by atoms with Crippen molar-refractivity contribution >= 4 is 17.2 Å². The molecule has 3 nitrogen and oxygen atoms in total. The highest BCUT2D eigenvalue weighted by atomic mass is 32.1. The van der Waals surface area contributed by atoms with Crippen LogP contribution in [0.15, 0.2) is 48.8 Å². The Bertz CT molecular complexity index is 738. The zero-order chi connectivity index (χ0) is 17.2. The van der Waals surface area contributed by atoms with Gasteiger partial charge in [0, 0.05) is 30.0 Å². The van der Waals surface area contributed by atoms with Gasteiger partial charge < -0.3 is 5.32 Å². The van der Waals surface area contributed by atoms with E-state index in [0.29, 0.717) is 12.1 Å². The maximum atomic E-state index is 5.75. The largest absolute Gasteiger partial charge is 0.371 e. The van der Waals surface area contributed by atoms with Crippen LogP contribution in [0.4, 0.5) is 0 Å². The van der Waals surface area contributed by atoms with Crippen molar-refractivity contribution in [1.29, 1.82) is 0 Å². The highest BCUT2D eigenvalue weighted by molar-refractivity contribution is 7.80. The van der Waals surface area contributed by atoms with Crippen molar-refractivity contribution in [3.8, 4) is 0 Å². The third-order valence-corrected chi connectivity index (χ3v) is 6.06. The standard InChI is InChI=1S/C21H25N3S/c1-15-4-2-6-18(12-15)21(25)23-20-17-7-10-24(11-8-17)19(20)13-16-5-3-9-22-14-16/h2-6,9,12,14,17,19-20H,7-8,10-11,13H2,1H3,(H,23,25). The zero-order valence-corrected chi connectivity index (χ0v) is 15.5. The van der Waals surface area contributed by atoms with E-state index in [-0.39, 0.29) is 0 Å². The molecule has 0 radical (unpaired) electrons. The van der Waals surface area contributed by atoms with Crippen LogP contribution in [0, 0.1) is 12.8 Å². The fourth-order valence-corrected chi connectivity index (χ4v) is 4.67. The van der Waals surface area contributed by atoms with Gasteiger partial charge in [-0.05, 0) is 62.9 Å². The SMILES string of the molecule is Cc1cccc(C(=S)NC2C3CCN(CC3)C2Cc2cccnc2)c1. The fourth-order valence-electron chi connectivity index (χ4n) is 4.40. The fraction of sp³-hybridized carbons (Fsp3) is 0.429. The van der Waals surface area contributed by atoms with Crippen LogP contribution in [0.5, 0.6) is 0 Å². The van der Waals surface area contributed by atoms with E-state index in [1.54, 1.807) is 0 Å². The average molecular weight is 352 g/mol. The first kappa shape index (κ1) is 16.7. The molecule has 4 heteroatoms. The van der Waals surface area contributed by atoms with Gasteiger partial charge in [-0.3, -0.25) is 9.88 Å². The number of rotatable bonds is 4. The lowest BCUT2D eigenvalue weighted by Crippen LogP contribution is -2.64. The number of hydrogen-bond donors (Lipinski definition) is 1. The van der Waals surface area contributed by atoms with Crippen LogP contribution in [0.2, 0.25) is 0 Å². The number of pyridine rings is 1. The van der Waals surface area contributed by atoms with E-state index in [4.69, 9.17) is 12.2 Å². The second-order valence-corrected chi connectivity index (χ2v) is 7.78. The molecule has 0 saturated carbocycles. The lowest BCUT2D eigenvalue weighted by atomic mass is 9.76. The molecule has 1 aromatic heterocycles. The molecule has 25 heavy (non-hydrogen) atoms. The third kappa shape index (κ3) is 3.60. The molecular weight excluding hydrogens is 326 g/mol. The number of piperidine rings is 3. The summed E-state index contributed by atoms with van der Waals surface area (Å²) >= 11 is 5.75. The van der Waals surface area contributed by atoms with Crippen molar-refractivity contribution in [2.45, 2.75) is 38.3 Å². The van der Waals surface area contributed by atoms with Crippen LogP contribution in [-0.4, -0.2) is 40.0 Å². The molecule has 0 spiro atoms. The molecule has 3 aliphatic rings. The molecule has 2 unspecified atom stereocenters. The van der Waals surface area contributed by atoms with E-state index >= 15 is 0 Å². The quantitative estimate of drug-likeness (QED) is 0.855. The first-order chi connectivity index (χ1) is 12.2. The van der Waals surface area contributed by atoms with Gasteiger partial charge in [0.2, 0.25) is 0 Å². The van der Waals surface area contributed by atoms with Crippen molar-refractivity contribution in [3.05, 3.63) is 65.5 Å². The Kier molecular flexibility index (Phi) is 4.82. The minimum absolute atomic E-state index is 0.427. The van der Waals surface area contributed by atoms with E-state index in [2.05, 4.69) is 52.5 Å². The molecule has 3 aliphatic heterocycles. The Hall–Kier alpha value is -1.78. The molecule has 5 rings (SSSR count). The van der Waals surface area contributed by atoms with Crippen LogP contribution in [0.1, 0.15) is 29.5 Å². The van der Waals surface area contributed by atoms with Crippen LogP contribution < -0.4 is 5.32 Å². The first-order valence-electron chi connectivity index (χ1n) is 9.21. The molecule has 3 saturated heterocycles. The molecule has 1 aromatic carbocycles. The van der Waals surface area contributed by atoms with Gasteiger partial charge >= 0.3 is 0 Å². The number of aromatic nitrogens is 1. The molecule has 2 aromatic rings. The summed E-state index contributed by atoms with van der Waals surface area (Å²) in [6.45, 7) is 4.54. The predicted molar refractivity (Wildman–Crippen MR) is 106 cm³/mol. The summed E-state index contributed by atoms with van der Waals surface area (Å²) in [5, 5.41) is 3.73. The number of nitrogens with zero attached hydrogens (tertiary/aromatic N) is 2. The van der Waals surface area contributed by atoms with E-state index in [1.165, 1.54) is 37.1 Å². The number of benzene rings is 1. The van der Waals surface area contributed by atoms with Gasteiger partial charge in [0.25, 0.3) is 0 Å². The topological polar surface area (TPSA) is 28.2 Å². The molecular formula is C21H25N3S. The minimum atomic E-state index is 0.427. The molecule has 2 atom stereocenters. The summed E-state index contributed by atoms with van der Waals surface area (Å²) in [7, 11) is 0.